The van der Waals surface area contributed by atoms with Gasteiger partial charge in [0.25, 0.3) is 5.91 Å². The summed E-state index contributed by atoms with van der Waals surface area (Å²) in [6.45, 7) is -0.0390. The van der Waals surface area contributed by atoms with E-state index in [2.05, 4.69) is 22.8 Å². The maximum absolute atomic E-state index is 12.2. The van der Waals surface area contributed by atoms with Gasteiger partial charge in [-0.2, -0.15) is 0 Å². The van der Waals surface area contributed by atoms with Crippen LogP contribution in [0.2, 0.25) is 0 Å². The zero-order chi connectivity index (χ0) is 16.1. The van der Waals surface area contributed by atoms with Crippen LogP contribution in [0, 0.1) is 0 Å². The Morgan fingerprint density at radius 3 is 2.87 bits per heavy atom. The quantitative estimate of drug-likeness (QED) is 0.852. The summed E-state index contributed by atoms with van der Waals surface area (Å²) in [6, 6.07) is 9.83. The van der Waals surface area contributed by atoms with Gasteiger partial charge in [-0.05, 0) is 36.5 Å². The highest BCUT2D eigenvalue weighted by molar-refractivity contribution is 5.96. The van der Waals surface area contributed by atoms with E-state index in [0.29, 0.717) is 5.56 Å². The SMILES string of the molecule is O=C(CNC(=O)c1ccoc1)N[C@H]1CCCCc2ccccc21. The lowest BCUT2D eigenvalue weighted by Gasteiger charge is -2.19. The largest absolute Gasteiger partial charge is 0.472 e. The topological polar surface area (TPSA) is 71.3 Å². The molecule has 2 amide bonds. The van der Waals surface area contributed by atoms with Gasteiger partial charge in [-0.25, -0.2) is 0 Å². The van der Waals surface area contributed by atoms with Crippen LogP contribution in [0.25, 0.3) is 0 Å². The predicted molar refractivity (Wildman–Crippen MR) is 85.9 cm³/mol. The third-order valence-corrected chi connectivity index (χ3v) is 4.15. The molecule has 1 aromatic heterocycles. The second kappa shape index (κ2) is 7.13. The molecule has 0 fully saturated rings. The highest BCUT2D eigenvalue weighted by atomic mass is 16.3. The molecule has 0 bridgehead atoms. The number of furan rings is 1. The second-order valence-corrected chi connectivity index (χ2v) is 5.76. The summed E-state index contributed by atoms with van der Waals surface area (Å²) < 4.78 is 4.86. The first-order chi connectivity index (χ1) is 11.2. The molecule has 1 aliphatic carbocycles. The molecule has 2 aromatic rings. The van der Waals surface area contributed by atoms with Crippen LogP contribution in [-0.4, -0.2) is 18.4 Å². The highest BCUT2D eigenvalue weighted by Gasteiger charge is 2.20. The number of carbonyl (C=O) groups is 2. The lowest BCUT2D eigenvalue weighted by Crippen LogP contribution is -2.38. The van der Waals surface area contributed by atoms with E-state index in [1.54, 1.807) is 6.07 Å². The van der Waals surface area contributed by atoms with Crippen LogP contribution in [0.15, 0.2) is 47.3 Å². The van der Waals surface area contributed by atoms with Gasteiger partial charge in [-0.1, -0.05) is 30.7 Å². The Hall–Kier alpha value is -2.56. The average Bonchev–Trinajstić information content (AvgIpc) is 3.03. The Morgan fingerprint density at radius 1 is 1.17 bits per heavy atom. The number of fused-ring (bicyclic) bond motifs is 1. The molecule has 23 heavy (non-hydrogen) atoms. The predicted octanol–water partition coefficient (Wildman–Crippen LogP) is 2.59. The fraction of sp³-hybridized carbons (Fsp3) is 0.333. The molecule has 5 nitrogen and oxygen atoms in total. The van der Waals surface area contributed by atoms with E-state index in [1.807, 2.05) is 12.1 Å². The Labute approximate surface area is 135 Å². The number of hydrogen-bond acceptors (Lipinski definition) is 3. The molecule has 1 heterocycles. The second-order valence-electron chi connectivity index (χ2n) is 5.76. The fourth-order valence-corrected chi connectivity index (χ4v) is 2.97. The van der Waals surface area contributed by atoms with Gasteiger partial charge in [0.1, 0.15) is 6.26 Å². The van der Waals surface area contributed by atoms with Gasteiger partial charge in [-0.3, -0.25) is 9.59 Å². The maximum atomic E-state index is 12.2. The van der Waals surface area contributed by atoms with Crippen LogP contribution < -0.4 is 10.6 Å². The van der Waals surface area contributed by atoms with Crippen molar-refractivity contribution in [3.63, 3.8) is 0 Å². The van der Waals surface area contributed by atoms with E-state index in [4.69, 9.17) is 4.42 Å². The minimum atomic E-state index is -0.310. The van der Waals surface area contributed by atoms with Gasteiger partial charge in [0.05, 0.1) is 24.4 Å². The van der Waals surface area contributed by atoms with Gasteiger partial charge in [0.15, 0.2) is 0 Å². The molecule has 0 spiro atoms. The molecular weight excluding hydrogens is 292 g/mol. The van der Waals surface area contributed by atoms with Crippen LogP contribution in [0.4, 0.5) is 0 Å². The molecule has 3 rings (SSSR count). The van der Waals surface area contributed by atoms with Gasteiger partial charge >= 0.3 is 0 Å². The molecular formula is C18H20N2O3. The number of aryl methyl sites for hydroxylation is 1. The van der Waals surface area contributed by atoms with E-state index in [9.17, 15) is 9.59 Å². The van der Waals surface area contributed by atoms with Gasteiger partial charge < -0.3 is 15.1 Å². The van der Waals surface area contributed by atoms with Gasteiger partial charge in [0.2, 0.25) is 5.91 Å². The Kier molecular flexibility index (Phi) is 4.76. The molecule has 2 N–H and O–H groups in total. The molecule has 1 aliphatic rings. The molecule has 120 valence electrons. The molecule has 0 aliphatic heterocycles. The van der Waals surface area contributed by atoms with Crippen LogP contribution in [0.3, 0.4) is 0 Å². The molecule has 1 aromatic carbocycles. The van der Waals surface area contributed by atoms with E-state index < -0.39 is 0 Å². The first kappa shape index (κ1) is 15.3. The van der Waals surface area contributed by atoms with Crippen LogP contribution in [0.5, 0.6) is 0 Å². The number of benzene rings is 1. The molecule has 0 saturated heterocycles. The van der Waals surface area contributed by atoms with Gasteiger partial charge in [-0.15, -0.1) is 0 Å². The molecule has 0 unspecified atom stereocenters. The number of hydrogen-bond donors (Lipinski definition) is 2. The molecule has 0 saturated carbocycles. The average molecular weight is 312 g/mol. The smallest absolute Gasteiger partial charge is 0.254 e. The summed E-state index contributed by atoms with van der Waals surface area (Å²) in [5.41, 5.74) is 2.91. The van der Waals surface area contributed by atoms with Crippen molar-refractivity contribution in [3.05, 3.63) is 59.5 Å². The van der Waals surface area contributed by atoms with Crippen LogP contribution in [-0.2, 0) is 11.2 Å². The lowest BCUT2D eigenvalue weighted by molar-refractivity contribution is -0.120. The summed E-state index contributed by atoms with van der Waals surface area (Å²) in [5.74, 6) is -0.487. The summed E-state index contributed by atoms with van der Waals surface area (Å²) >= 11 is 0. The maximum Gasteiger partial charge on any atom is 0.254 e. The van der Waals surface area contributed by atoms with Crippen molar-refractivity contribution in [2.45, 2.75) is 31.7 Å². The minimum Gasteiger partial charge on any atom is -0.472 e. The molecule has 0 radical (unpaired) electrons. The zero-order valence-corrected chi connectivity index (χ0v) is 12.9. The third kappa shape index (κ3) is 3.80. The standard InChI is InChI=1S/C18H20N2O3/c21-17(11-19-18(22)14-9-10-23-12-14)20-16-8-4-2-6-13-5-1-3-7-15(13)16/h1,3,5,7,9-10,12,16H,2,4,6,8,11H2,(H,19,22)(H,20,21)/t16-/m0/s1. The monoisotopic (exact) mass is 312 g/mol. The van der Waals surface area contributed by atoms with Crippen molar-refractivity contribution in [1.29, 1.82) is 0 Å². The number of nitrogens with one attached hydrogen (secondary N) is 2. The zero-order valence-electron chi connectivity index (χ0n) is 12.9. The number of rotatable bonds is 4. The number of carbonyl (C=O) groups excluding carboxylic acids is 2. The van der Waals surface area contributed by atoms with E-state index in [1.165, 1.54) is 23.7 Å². The Balaban J connectivity index is 1.58. The summed E-state index contributed by atoms with van der Waals surface area (Å²) in [4.78, 5) is 24.0. The van der Waals surface area contributed by atoms with Crippen molar-refractivity contribution in [2.75, 3.05) is 6.54 Å². The van der Waals surface area contributed by atoms with E-state index >= 15 is 0 Å². The van der Waals surface area contributed by atoms with Crippen molar-refractivity contribution >= 4 is 11.8 Å². The van der Waals surface area contributed by atoms with E-state index in [-0.39, 0.29) is 24.4 Å². The van der Waals surface area contributed by atoms with Crippen molar-refractivity contribution in [1.82, 2.24) is 10.6 Å². The minimum absolute atomic E-state index is 0.0204. The summed E-state index contributed by atoms with van der Waals surface area (Å²) in [5, 5.41) is 5.64. The van der Waals surface area contributed by atoms with Crippen molar-refractivity contribution in [2.24, 2.45) is 0 Å². The van der Waals surface area contributed by atoms with E-state index in [0.717, 1.165) is 25.7 Å². The van der Waals surface area contributed by atoms with Crippen LogP contribution >= 0.6 is 0 Å². The van der Waals surface area contributed by atoms with Gasteiger partial charge in [0, 0.05) is 0 Å². The first-order valence-electron chi connectivity index (χ1n) is 7.91. The lowest BCUT2D eigenvalue weighted by atomic mass is 9.99. The van der Waals surface area contributed by atoms with Crippen molar-refractivity contribution in [3.8, 4) is 0 Å². The van der Waals surface area contributed by atoms with Crippen LogP contribution in [0.1, 0.15) is 46.8 Å². The summed E-state index contributed by atoms with van der Waals surface area (Å²) in [6.07, 6.45) is 6.99. The fourth-order valence-electron chi connectivity index (χ4n) is 2.97. The number of amides is 2. The molecule has 5 heteroatoms. The van der Waals surface area contributed by atoms with Crippen molar-refractivity contribution < 1.29 is 14.0 Å². The molecule has 1 atom stereocenters. The summed E-state index contributed by atoms with van der Waals surface area (Å²) in [7, 11) is 0. The first-order valence-corrected chi connectivity index (χ1v) is 7.91. The third-order valence-electron chi connectivity index (χ3n) is 4.15. The highest BCUT2D eigenvalue weighted by Crippen LogP contribution is 2.28. The Bertz CT molecular complexity index is 679. The Morgan fingerprint density at radius 2 is 2.04 bits per heavy atom. The normalized spacial score (nSPS) is 17.0.